The molecule has 0 fully saturated rings. The number of benzene rings is 3. The smallest absolute Gasteiger partial charge is 0.213 e. The van der Waals surface area contributed by atoms with Crippen molar-refractivity contribution in [3.8, 4) is 5.75 Å². The Kier molecular flexibility index (Phi) is 4.26. The molecule has 5 rings (SSSR count). The van der Waals surface area contributed by atoms with E-state index in [0.717, 1.165) is 22.4 Å². The standard InChI is InChI=1S/C22H15Cl2FN2O/c23-15-10-17-20-12-19(13-4-2-1-3-5-13)26-27(20)22(28-21(17)18(24)11-15)14-6-8-16(25)9-7-14/h1-11,20,22H,12H2. The van der Waals surface area contributed by atoms with Crippen molar-refractivity contribution in [3.05, 3.63) is 99.3 Å². The summed E-state index contributed by atoms with van der Waals surface area (Å²) >= 11 is 12.7. The van der Waals surface area contributed by atoms with Crippen molar-refractivity contribution < 1.29 is 9.13 Å². The molecule has 2 unspecified atom stereocenters. The van der Waals surface area contributed by atoms with Gasteiger partial charge in [0.25, 0.3) is 0 Å². The van der Waals surface area contributed by atoms with Gasteiger partial charge < -0.3 is 4.74 Å². The third-order valence-electron chi connectivity index (χ3n) is 5.07. The summed E-state index contributed by atoms with van der Waals surface area (Å²) in [5.41, 5.74) is 3.74. The summed E-state index contributed by atoms with van der Waals surface area (Å²) in [6.07, 6.45) is 0.201. The predicted molar refractivity (Wildman–Crippen MR) is 108 cm³/mol. The van der Waals surface area contributed by atoms with Crippen LogP contribution in [0, 0.1) is 5.82 Å². The van der Waals surface area contributed by atoms with Crippen LogP contribution < -0.4 is 4.74 Å². The van der Waals surface area contributed by atoms with Crippen molar-refractivity contribution in [3.63, 3.8) is 0 Å². The molecule has 0 bridgehead atoms. The highest BCUT2D eigenvalue weighted by Crippen LogP contribution is 2.50. The van der Waals surface area contributed by atoms with Crippen LogP contribution in [0.3, 0.4) is 0 Å². The quantitative estimate of drug-likeness (QED) is 0.487. The third-order valence-corrected chi connectivity index (χ3v) is 5.57. The van der Waals surface area contributed by atoms with E-state index in [9.17, 15) is 4.39 Å². The Morgan fingerprint density at radius 3 is 2.50 bits per heavy atom. The zero-order chi connectivity index (χ0) is 19.3. The lowest BCUT2D eigenvalue weighted by atomic mass is 9.96. The lowest BCUT2D eigenvalue weighted by molar-refractivity contribution is -0.0189. The summed E-state index contributed by atoms with van der Waals surface area (Å²) in [6.45, 7) is 0. The van der Waals surface area contributed by atoms with Gasteiger partial charge in [-0.25, -0.2) is 9.40 Å². The molecule has 2 aliphatic rings. The molecule has 0 N–H and O–H groups in total. The van der Waals surface area contributed by atoms with E-state index in [4.69, 9.17) is 33.0 Å². The van der Waals surface area contributed by atoms with Gasteiger partial charge in [-0.3, -0.25) is 0 Å². The van der Waals surface area contributed by atoms with E-state index in [0.29, 0.717) is 22.2 Å². The first-order valence-electron chi connectivity index (χ1n) is 8.92. The van der Waals surface area contributed by atoms with Gasteiger partial charge in [-0.05, 0) is 29.8 Å². The van der Waals surface area contributed by atoms with Crippen LogP contribution in [-0.2, 0) is 0 Å². The summed E-state index contributed by atoms with van der Waals surface area (Å²) in [4.78, 5) is 0. The Morgan fingerprint density at radius 1 is 1.00 bits per heavy atom. The number of hydrogen-bond donors (Lipinski definition) is 0. The average Bonchev–Trinajstić information content (AvgIpc) is 3.15. The number of fused-ring (bicyclic) bond motifs is 3. The maximum Gasteiger partial charge on any atom is 0.213 e. The Morgan fingerprint density at radius 2 is 1.75 bits per heavy atom. The van der Waals surface area contributed by atoms with E-state index in [-0.39, 0.29) is 11.9 Å². The zero-order valence-electron chi connectivity index (χ0n) is 14.6. The van der Waals surface area contributed by atoms with Gasteiger partial charge in [0.05, 0.1) is 16.8 Å². The van der Waals surface area contributed by atoms with Gasteiger partial charge in [0.2, 0.25) is 6.23 Å². The Hall–Kier alpha value is -2.56. The Balaban J connectivity index is 1.63. The maximum atomic E-state index is 13.4. The van der Waals surface area contributed by atoms with Crippen LogP contribution in [0.4, 0.5) is 4.39 Å². The Bertz CT molecular complexity index is 1070. The van der Waals surface area contributed by atoms with E-state index in [1.165, 1.54) is 12.1 Å². The number of hydrazone groups is 1. The van der Waals surface area contributed by atoms with E-state index >= 15 is 0 Å². The molecule has 2 atom stereocenters. The summed E-state index contributed by atoms with van der Waals surface area (Å²) in [6, 6.07) is 19.8. The van der Waals surface area contributed by atoms with E-state index < -0.39 is 6.23 Å². The average molecular weight is 413 g/mol. The molecule has 3 aromatic rings. The monoisotopic (exact) mass is 412 g/mol. The summed E-state index contributed by atoms with van der Waals surface area (Å²) in [7, 11) is 0. The molecule has 2 aliphatic heterocycles. The molecule has 6 heteroatoms. The van der Waals surface area contributed by atoms with Gasteiger partial charge in [-0.1, -0.05) is 65.7 Å². The normalized spacial score (nSPS) is 20.2. The first-order valence-corrected chi connectivity index (χ1v) is 9.68. The highest BCUT2D eigenvalue weighted by atomic mass is 35.5. The van der Waals surface area contributed by atoms with Crippen LogP contribution in [0.1, 0.15) is 35.4 Å². The molecular weight excluding hydrogens is 398 g/mol. The summed E-state index contributed by atoms with van der Waals surface area (Å²) in [5.74, 6) is 0.308. The predicted octanol–water partition coefficient (Wildman–Crippen LogP) is 6.37. The number of hydrogen-bond acceptors (Lipinski definition) is 3. The molecule has 3 aromatic carbocycles. The highest BCUT2D eigenvalue weighted by molar-refractivity contribution is 6.35. The van der Waals surface area contributed by atoms with Gasteiger partial charge in [-0.2, -0.15) is 5.10 Å². The molecule has 3 nitrogen and oxygen atoms in total. The molecule has 0 aromatic heterocycles. The summed E-state index contributed by atoms with van der Waals surface area (Å²) < 4.78 is 19.7. The largest absolute Gasteiger partial charge is 0.463 e. The summed E-state index contributed by atoms with van der Waals surface area (Å²) in [5, 5.41) is 7.80. The first-order chi connectivity index (χ1) is 13.6. The van der Waals surface area contributed by atoms with Crippen molar-refractivity contribution in [2.24, 2.45) is 5.10 Å². The van der Waals surface area contributed by atoms with Gasteiger partial charge >= 0.3 is 0 Å². The maximum absolute atomic E-state index is 13.4. The second-order valence-corrected chi connectivity index (χ2v) is 7.68. The lowest BCUT2D eigenvalue weighted by Crippen LogP contribution is -2.33. The molecular formula is C22H15Cl2FN2O. The van der Waals surface area contributed by atoms with Crippen molar-refractivity contribution in [1.29, 1.82) is 0 Å². The van der Waals surface area contributed by atoms with Gasteiger partial charge in [0.1, 0.15) is 11.6 Å². The fraction of sp³-hybridized carbons (Fsp3) is 0.136. The van der Waals surface area contributed by atoms with Gasteiger partial charge in [0, 0.05) is 22.6 Å². The molecule has 0 spiro atoms. The molecule has 0 amide bonds. The van der Waals surface area contributed by atoms with E-state index in [1.807, 2.05) is 41.4 Å². The molecule has 140 valence electrons. The topological polar surface area (TPSA) is 24.8 Å². The molecule has 0 radical (unpaired) electrons. The fourth-order valence-electron chi connectivity index (χ4n) is 3.77. The van der Waals surface area contributed by atoms with Gasteiger partial charge in [-0.15, -0.1) is 0 Å². The number of rotatable bonds is 2. The molecule has 2 heterocycles. The number of ether oxygens (including phenoxy) is 1. The van der Waals surface area contributed by atoms with Crippen LogP contribution in [0.2, 0.25) is 10.0 Å². The lowest BCUT2D eigenvalue weighted by Gasteiger charge is -2.38. The SMILES string of the molecule is Fc1ccc(C2Oc3c(Cl)cc(Cl)cc3C3CC(c4ccccc4)=NN32)cc1. The minimum Gasteiger partial charge on any atom is -0.463 e. The first kappa shape index (κ1) is 17.5. The highest BCUT2D eigenvalue weighted by Gasteiger charge is 2.42. The van der Waals surface area contributed by atoms with E-state index in [2.05, 4.69) is 0 Å². The van der Waals surface area contributed by atoms with Crippen molar-refractivity contribution >= 4 is 28.9 Å². The fourth-order valence-corrected chi connectivity index (χ4v) is 4.32. The van der Waals surface area contributed by atoms with Crippen LogP contribution in [0.25, 0.3) is 0 Å². The Labute approximate surface area is 172 Å². The van der Waals surface area contributed by atoms with Crippen molar-refractivity contribution in [1.82, 2.24) is 5.01 Å². The minimum absolute atomic E-state index is 0.0646. The van der Waals surface area contributed by atoms with Crippen LogP contribution in [0.5, 0.6) is 5.75 Å². The van der Waals surface area contributed by atoms with Crippen molar-refractivity contribution in [2.75, 3.05) is 0 Å². The van der Waals surface area contributed by atoms with Crippen LogP contribution in [0.15, 0.2) is 71.8 Å². The van der Waals surface area contributed by atoms with Crippen LogP contribution >= 0.6 is 23.2 Å². The number of halogens is 3. The second-order valence-electron chi connectivity index (χ2n) is 6.84. The third kappa shape index (κ3) is 2.93. The number of nitrogens with zero attached hydrogens (tertiary/aromatic N) is 2. The molecule has 0 saturated carbocycles. The molecule has 28 heavy (non-hydrogen) atoms. The molecule has 0 saturated heterocycles. The van der Waals surface area contributed by atoms with E-state index in [1.54, 1.807) is 18.2 Å². The van der Waals surface area contributed by atoms with Crippen LogP contribution in [-0.4, -0.2) is 10.7 Å². The zero-order valence-corrected chi connectivity index (χ0v) is 16.2. The second kappa shape index (κ2) is 6.80. The van der Waals surface area contributed by atoms with Crippen molar-refractivity contribution in [2.45, 2.75) is 18.7 Å². The molecule has 0 aliphatic carbocycles. The van der Waals surface area contributed by atoms with Gasteiger partial charge in [0.15, 0.2) is 0 Å². The minimum atomic E-state index is -0.502.